The molecule has 4 saturated heterocycles. The minimum absolute atomic E-state index is 0.164. The van der Waals surface area contributed by atoms with Gasteiger partial charge in [-0.25, -0.2) is 0 Å². The van der Waals surface area contributed by atoms with Crippen LogP contribution in [0.5, 0.6) is 11.5 Å². The number of piperidine rings is 2. The van der Waals surface area contributed by atoms with Gasteiger partial charge in [-0.3, -0.25) is 14.6 Å². The Labute approximate surface area is 172 Å². The number of ether oxygens (including phenoxy) is 2. The van der Waals surface area contributed by atoms with E-state index in [0.717, 1.165) is 43.2 Å². The standard InChI is InChI=1S/C24H28N2O3/c1-4-29-19-11-10-17(12-20(19)28-3)21-25-13-23(2)14-26(21)16-24(15-25,22(23)27)18-8-6-5-7-9-18/h5-12,21H,4,13-16H2,1-3H3. The first-order valence-corrected chi connectivity index (χ1v) is 10.4. The van der Waals surface area contributed by atoms with Crippen molar-refractivity contribution < 1.29 is 14.3 Å². The van der Waals surface area contributed by atoms with E-state index in [-0.39, 0.29) is 11.6 Å². The topological polar surface area (TPSA) is 42.0 Å². The molecule has 0 radical (unpaired) electrons. The summed E-state index contributed by atoms with van der Waals surface area (Å²) in [6.45, 7) is 7.86. The quantitative estimate of drug-likeness (QED) is 0.781. The van der Waals surface area contributed by atoms with Crippen molar-refractivity contribution >= 4 is 5.78 Å². The minimum atomic E-state index is -0.432. The van der Waals surface area contributed by atoms with Crippen LogP contribution in [0, 0.1) is 5.41 Å². The second-order valence-electron chi connectivity index (χ2n) is 8.86. The highest BCUT2D eigenvalue weighted by molar-refractivity contribution is 5.97. The van der Waals surface area contributed by atoms with Crippen molar-refractivity contribution in [3.05, 3.63) is 59.7 Å². The smallest absolute Gasteiger partial charge is 0.161 e. The fourth-order valence-electron chi connectivity index (χ4n) is 5.86. The molecule has 2 aromatic rings. The Bertz CT molecular complexity index is 926. The molecule has 2 aromatic carbocycles. The maximum Gasteiger partial charge on any atom is 0.161 e. The maximum atomic E-state index is 13.6. The van der Waals surface area contributed by atoms with Crippen molar-refractivity contribution in [2.75, 3.05) is 39.9 Å². The molecule has 2 atom stereocenters. The zero-order chi connectivity index (χ0) is 20.2. The van der Waals surface area contributed by atoms with Gasteiger partial charge >= 0.3 is 0 Å². The third kappa shape index (κ3) is 2.64. The van der Waals surface area contributed by atoms with Crippen LogP contribution in [0.3, 0.4) is 0 Å². The van der Waals surface area contributed by atoms with Crippen LogP contribution in [-0.2, 0) is 10.2 Å². The lowest BCUT2D eigenvalue weighted by Gasteiger charge is -2.65. The fraction of sp³-hybridized carbons (Fsp3) is 0.458. The molecule has 0 aliphatic carbocycles. The average Bonchev–Trinajstić information content (AvgIpc) is 2.72. The Kier molecular flexibility index (Phi) is 4.23. The molecule has 29 heavy (non-hydrogen) atoms. The van der Waals surface area contributed by atoms with Crippen LogP contribution in [0.4, 0.5) is 0 Å². The minimum Gasteiger partial charge on any atom is -0.493 e. The number of Topliss-reactive ketones (excluding diaryl/α,β-unsaturated/α-hetero) is 1. The van der Waals surface area contributed by atoms with Gasteiger partial charge < -0.3 is 9.47 Å². The summed E-state index contributed by atoms with van der Waals surface area (Å²) in [4.78, 5) is 18.6. The van der Waals surface area contributed by atoms with E-state index in [4.69, 9.17) is 9.47 Å². The van der Waals surface area contributed by atoms with Gasteiger partial charge in [-0.05, 0) is 30.2 Å². The zero-order valence-corrected chi connectivity index (χ0v) is 17.4. The normalized spacial score (nSPS) is 35.0. The molecule has 4 aliphatic heterocycles. The Hall–Kier alpha value is -2.37. The molecule has 152 valence electrons. The monoisotopic (exact) mass is 392 g/mol. The van der Waals surface area contributed by atoms with Gasteiger partial charge in [0.2, 0.25) is 0 Å². The molecule has 2 unspecified atom stereocenters. The molecule has 0 N–H and O–H groups in total. The summed E-state index contributed by atoms with van der Waals surface area (Å²) in [5.74, 6) is 1.95. The largest absolute Gasteiger partial charge is 0.493 e. The Morgan fingerprint density at radius 3 is 2.31 bits per heavy atom. The SMILES string of the molecule is CCOc1ccc(C2N3CC4(C)CN2CC(c2ccccc2)(C3)C4=O)cc1OC. The van der Waals surface area contributed by atoms with Gasteiger partial charge in [-0.1, -0.05) is 43.3 Å². The van der Waals surface area contributed by atoms with Crippen molar-refractivity contribution in [1.82, 2.24) is 9.80 Å². The number of benzene rings is 2. The third-order valence-corrected chi connectivity index (χ3v) is 6.84. The molecule has 5 nitrogen and oxygen atoms in total. The number of carbonyl (C=O) groups is 1. The Balaban J connectivity index is 1.54. The highest BCUT2D eigenvalue weighted by atomic mass is 16.5. The lowest BCUT2D eigenvalue weighted by Crippen LogP contribution is -2.77. The van der Waals surface area contributed by atoms with E-state index in [0.29, 0.717) is 12.4 Å². The van der Waals surface area contributed by atoms with Crippen LogP contribution in [0.25, 0.3) is 0 Å². The van der Waals surface area contributed by atoms with Crippen LogP contribution >= 0.6 is 0 Å². The molecule has 0 amide bonds. The summed E-state index contributed by atoms with van der Waals surface area (Å²) < 4.78 is 11.3. The number of rotatable bonds is 5. The van der Waals surface area contributed by atoms with Gasteiger partial charge in [-0.2, -0.15) is 0 Å². The van der Waals surface area contributed by atoms with Gasteiger partial charge in [-0.15, -0.1) is 0 Å². The lowest BCUT2D eigenvalue weighted by atomic mass is 9.58. The second-order valence-corrected chi connectivity index (χ2v) is 8.86. The van der Waals surface area contributed by atoms with Gasteiger partial charge in [0.1, 0.15) is 0 Å². The first-order chi connectivity index (χ1) is 14.0. The third-order valence-electron chi connectivity index (χ3n) is 6.84. The molecule has 4 fully saturated rings. The maximum absolute atomic E-state index is 13.6. The summed E-state index contributed by atoms with van der Waals surface area (Å²) in [5.41, 5.74) is 1.59. The zero-order valence-electron chi connectivity index (χ0n) is 17.4. The Morgan fingerprint density at radius 2 is 1.69 bits per heavy atom. The summed E-state index contributed by atoms with van der Waals surface area (Å²) >= 11 is 0. The molecular formula is C24H28N2O3. The fourth-order valence-corrected chi connectivity index (χ4v) is 5.86. The molecule has 6 rings (SSSR count). The number of ketones is 1. The van der Waals surface area contributed by atoms with Crippen molar-refractivity contribution in [1.29, 1.82) is 0 Å². The van der Waals surface area contributed by atoms with Crippen LogP contribution in [0.1, 0.15) is 31.1 Å². The van der Waals surface area contributed by atoms with Crippen molar-refractivity contribution in [2.45, 2.75) is 25.4 Å². The van der Waals surface area contributed by atoms with E-state index >= 15 is 0 Å². The van der Waals surface area contributed by atoms with Gasteiger partial charge in [0.25, 0.3) is 0 Å². The highest BCUT2D eigenvalue weighted by Gasteiger charge is 2.64. The predicted octanol–water partition coefficient (Wildman–Crippen LogP) is 3.25. The first kappa shape index (κ1) is 18.6. The Morgan fingerprint density at radius 1 is 1.00 bits per heavy atom. The molecule has 0 aromatic heterocycles. The van der Waals surface area contributed by atoms with E-state index in [1.807, 2.05) is 31.2 Å². The van der Waals surface area contributed by atoms with E-state index in [1.54, 1.807) is 7.11 Å². The number of methoxy groups -OCH3 is 1. The molecule has 0 spiro atoms. The predicted molar refractivity (Wildman–Crippen MR) is 111 cm³/mol. The number of hydrogen-bond donors (Lipinski definition) is 0. The van der Waals surface area contributed by atoms with Gasteiger partial charge in [0, 0.05) is 26.2 Å². The molecule has 5 heteroatoms. The average molecular weight is 392 g/mol. The first-order valence-electron chi connectivity index (χ1n) is 10.4. The summed E-state index contributed by atoms with van der Waals surface area (Å²) in [5, 5.41) is 0. The number of carbonyl (C=O) groups excluding carboxylic acids is 1. The van der Waals surface area contributed by atoms with Crippen LogP contribution in [-0.4, -0.2) is 55.5 Å². The molecule has 0 saturated carbocycles. The number of nitrogens with zero attached hydrogens (tertiary/aromatic N) is 2. The molecular weight excluding hydrogens is 364 g/mol. The van der Waals surface area contributed by atoms with E-state index < -0.39 is 5.41 Å². The van der Waals surface area contributed by atoms with Crippen LogP contribution in [0.15, 0.2) is 48.5 Å². The van der Waals surface area contributed by atoms with Crippen LogP contribution in [0.2, 0.25) is 0 Å². The van der Waals surface area contributed by atoms with E-state index in [1.165, 1.54) is 5.56 Å². The number of hydrogen-bond acceptors (Lipinski definition) is 5. The second kappa shape index (κ2) is 6.57. The lowest BCUT2D eigenvalue weighted by molar-refractivity contribution is -0.185. The summed E-state index contributed by atoms with van der Waals surface area (Å²) in [7, 11) is 1.68. The molecule has 4 heterocycles. The van der Waals surface area contributed by atoms with Gasteiger partial charge in [0.05, 0.1) is 30.7 Å². The van der Waals surface area contributed by atoms with E-state index in [2.05, 4.69) is 41.0 Å². The van der Waals surface area contributed by atoms with E-state index in [9.17, 15) is 4.79 Å². The van der Waals surface area contributed by atoms with Crippen LogP contribution < -0.4 is 9.47 Å². The van der Waals surface area contributed by atoms with Crippen molar-refractivity contribution in [3.63, 3.8) is 0 Å². The summed E-state index contributed by atoms with van der Waals surface area (Å²) in [6, 6.07) is 16.6. The van der Waals surface area contributed by atoms with Gasteiger partial charge in [0.15, 0.2) is 17.3 Å². The molecule has 4 bridgehead atoms. The van der Waals surface area contributed by atoms with Crippen molar-refractivity contribution in [3.8, 4) is 11.5 Å². The summed E-state index contributed by atoms with van der Waals surface area (Å²) in [6.07, 6.45) is 0.164. The molecule has 4 aliphatic rings. The van der Waals surface area contributed by atoms with Crippen molar-refractivity contribution in [2.24, 2.45) is 5.41 Å². The highest BCUT2D eigenvalue weighted by Crippen LogP contribution is 2.53.